The van der Waals surface area contributed by atoms with Gasteiger partial charge in [0.25, 0.3) is 0 Å². The molecular weight excluding hydrogens is 314 g/mol. The molecule has 1 aliphatic heterocycles. The zero-order chi connectivity index (χ0) is 17.2. The summed E-state index contributed by atoms with van der Waals surface area (Å²) in [6.45, 7) is 3.44. The van der Waals surface area contributed by atoms with E-state index in [1.807, 2.05) is 31.2 Å². The van der Waals surface area contributed by atoms with Crippen molar-refractivity contribution in [3.63, 3.8) is 0 Å². The van der Waals surface area contributed by atoms with E-state index < -0.39 is 0 Å². The Kier molecular flexibility index (Phi) is 4.26. The summed E-state index contributed by atoms with van der Waals surface area (Å²) in [5.41, 5.74) is 4.26. The molecule has 2 heterocycles. The third-order valence-corrected chi connectivity index (χ3v) is 4.80. The highest BCUT2D eigenvalue weighted by Gasteiger charge is 2.20. The van der Waals surface area contributed by atoms with Crippen molar-refractivity contribution >= 4 is 23.2 Å². The van der Waals surface area contributed by atoms with Gasteiger partial charge < -0.3 is 10.6 Å². The Labute approximate surface area is 147 Å². The molecule has 0 saturated carbocycles. The summed E-state index contributed by atoms with van der Waals surface area (Å²) in [5.74, 6) is 1.71. The molecule has 4 rings (SSSR count). The van der Waals surface area contributed by atoms with Crippen LogP contribution < -0.4 is 15.5 Å². The van der Waals surface area contributed by atoms with E-state index in [2.05, 4.69) is 20.6 Å². The minimum atomic E-state index is -0.0290. The lowest BCUT2D eigenvalue weighted by Crippen LogP contribution is -2.46. The zero-order valence-corrected chi connectivity index (χ0v) is 14.5. The number of aryl methyl sites for hydroxylation is 2. The molecule has 25 heavy (non-hydrogen) atoms. The molecule has 130 valence electrons. The SMILES string of the molecule is Cc1nc2c(c(Nc3cccc(N4CCCNC4=O)c3)n1)CCCC2. The first-order valence-corrected chi connectivity index (χ1v) is 8.99. The van der Waals surface area contributed by atoms with Crippen molar-refractivity contribution in [1.82, 2.24) is 15.3 Å². The van der Waals surface area contributed by atoms with Crippen molar-refractivity contribution in [3.8, 4) is 0 Å². The topological polar surface area (TPSA) is 70.2 Å². The number of nitrogens with one attached hydrogen (secondary N) is 2. The van der Waals surface area contributed by atoms with Crippen molar-refractivity contribution in [2.45, 2.75) is 39.0 Å². The van der Waals surface area contributed by atoms with Crippen LogP contribution in [0.15, 0.2) is 24.3 Å². The molecule has 2 amide bonds. The number of urea groups is 1. The van der Waals surface area contributed by atoms with E-state index in [4.69, 9.17) is 0 Å². The molecule has 0 unspecified atom stereocenters. The predicted octanol–water partition coefficient (Wildman–Crippen LogP) is 3.33. The monoisotopic (exact) mass is 337 g/mol. The Morgan fingerprint density at radius 2 is 2.04 bits per heavy atom. The van der Waals surface area contributed by atoms with Gasteiger partial charge in [0, 0.05) is 35.7 Å². The summed E-state index contributed by atoms with van der Waals surface area (Å²) in [5, 5.41) is 6.35. The van der Waals surface area contributed by atoms with Crippen molar-refractivity contribution in [1.29, 1.82) is 0 Å². The van der Waals surface area contributed by atoms with Crippen molar-refractivity contribution in [2.75, 3.05) is 23.3 Å². The summed E-state index contributed by atoms with van der Waals surface area (Å²) >= 11 is 0. The maximum absolute atomic E-state index is 12.1. The average molecular weight is 337 g/mol. The third kappa shape index (κ3) is 3.29. The highest BCUT2D eigenvalue weighted by Crippen LogP contribution is 2.29. The molecule has 0 spiro atoms. The second-order valence-corrected chi connectivity index (χ2v) is 6.66. The number of benzene rings is 1. The third-order valence-electron chi connectivity index (χ3n) is 4.80. The van der Waals surface area contributed by atoms with Crippen LogP contribution in [0.25, 0.3) is 0 Å². The minimum absolute atomic E-state index is 0.0290. The number of hydrogen-bond donors (Lipinski definition) is 2. The Bertz CT molecular complexity index is 804. The van der Waals surface area contributed by atoms with Crippen LogP contribution in [0.2, 0.25) is 0 Å². The van der Waals surface area contributed by atoms with Gasteiger partial charge in [0.1, 0.15) is 11.6 Å². The fourth-order valence-corrected chi connectivity index (χ4v) is 3.58. The standard InChI is InChI=1S/C19H23N5O/c1-13-21-17-9-3-2-8-16(17)18(22-13)23-14-6-4-7-15(12-14)24-11-5-10-20-19(24)25/h4,6-7,12H,2-3,5,8-11H2,1H3,(H,20,25)(H,21,22,23). The molecule has 1 aliphatic carbocycles. The quantitative estimate of drug-likeness (QED) is 0.901. The number of aromatic nitrogens is 2. The number of amides is 2. The van der Waals surface area contributed by atoms with Gasteiger partial charge in [0.15, 0.2) is 0 Å². The Balaban J connectivity index is 1.62. The van der Waals surface area contributed by atoms with E-state index in [1.165, 1.54) is 24.1 Å². The van der Waals surface area contributed by atoms with E-state index in [0.717, 1.165) is 55.4 Å². The van der Waals surface area contributed by atoms with E-state index >= 15 is 0 Å². The largest absolute Gasteiger partial charge is 0.340 e. The number of nitrogens with zero attached hydrogens (tertiary/aromatic N) is 3. The van der Waals surface area contributed by atoms with Gasteiger partial charge in [-0.25, -0.2) is 14.8 Å². The molecule has 1 fully saturated rings. The molecule has 2 N–H and O–H groups in total. The summed E-state index contributed by atoms with van der Waals surface area (Å²) in [7, 11) is 0. The molecule has 2 aliphatic rings. The van der Waals surface area contributed by atoms with Crippen LogP contribution in [-0.4, -0.2) is 29.1 Å². The van der Waals surface area contributed by atoms with Crippen LogP contribution in [-0.2, 0) is 12.8 Å². The molecule has 6 heteroatoms. The van der Waals surface area contributed by atoms with E-state index in [-0.39, 0.29) is 6.03 Å². The van der Waals surface area contributed by atoms with Gasteiger partial charge in [-0.2, -0.15) is 0 Å². The summed E-state index contributed by atoms with van der Waals surface area (Å²) in [6.07, 6.45) is 5.39. The maximum atomic E-state index is 12.1. The summed E-state index contributed by atoms with van der Waals surface area (Å²) in [4.78, 5) is 23.1. The lowest BCUT2D eigenvalue weighted by molar-refractivity contribution is 0.243. The number of carbonyl (C=O) groups is 1. The van der Waals surface area contributed by atoms with Gasteiger partial charge in [-0.15, -0.1) is 0 Å². The second kappa shape index (κ2) is 6.70. The molecule has 0 bridgehead atoms. The van der Waals surface area contributed by atoms with Crippen LogP contribution in [0, 0.1) is 6.92 Å². The minimum Gasteiger partial charge on any atom is -0.340 e. The maximum Gasteiger partial charge on any atom is 0.321 e. The number of carbonyl (C=O) groups excluding carboxylic acids is 1. The van der Waals surface area contributed by atoms with Gasteiger partial charge in [-0.3, -0.25) is 4.90 Å². The molecule has 0 radical (unpaired) electrons. The second-order valence-electron chi connectivity index (χ2n) is 6.66. The van der Waals surface area contributed by atoms with Gasteiger partial charge >= 0.3 is 6.03 Å². The Morgan fingerprint density at radius 3 is 2.92 bits per heavy atom. The van der Waals surface area contributed by atoms with Gasteiger partial charge in [-0.05, 0) is 57.2 Å². The van der Waals surface area contributed by atoms with E-state index in [0.29, 0.717) is 0 Å². The van der Waals surface area contributed by atoms with Crippen molar-refractivity contribution in [2.24, 2.45) is 0 Å². The molecule has 2 aromatic rings. The highest BCUT2D eigenvalue weighted by molar-refractivity contribution is 5.93. The Morgan fingerprint density at radius 1 is 1.16 bits per heavy atom. The summed E-state index contributed by atoms with van der Waals surface area (Å²) in [6, 6.07) is 7.94. The van der Waals surface area contributed by atoms with Crippen molar-refractivity contribution in [3.05, 3.63) is 41.3 Å². The molecule has 1 saturated heterocycles. The van der Waals surface area contributed by atoms with Crippen LogP contribution >= 0.6 is 0 Å². The fourth-order valence-electron chi connectivity index (χ4n) is 3.58. The number of rotatable bonds is 3. The zero-order valence-electron chi connectivity index (χ0n) is 14.5. The lowest BCUT2D eigenvalue weighted by Gasteiger charge is -2.28. The first kappa shape index (κ1) is 15.9. The predicted molar refractivity (Wildman–Crippen MR) is 98.5 cm³/mol. The van der Waals surface area contributed by atoms with Gasteiger partial charge in [0.05, 0.1) is 0 Å². The van der Waals surface area contributed by atoms with Crippen LogP contribution in [0.1, 0.15) is 36.3 Å². The average Bonchev–Trinajstić information content (AvgIpc) is 2.62. The fraction of sp³-hybridized carbons (Fsp3) is 0.421. The van der Waals surface area contributed by atoms with E-state index in [1.54, 1.807) is 4.90 Å². The van der Waals surface area contributed by atoms with Crippen LogP contribution in [0.3, 0.4) is 0 Å². The lowest BCUT2D eigenvalue weighted by atomic mass is 9.96. The Hall–Kier alpha value is -2.63. The number of hydrogen-bond acceptors (Lipinski definition) is 4. The normalized spacial score (nSPS) is 17.0. The molecule has 1 aromatic carbocycles. The molecule has 1 aromatic heterocycles. The van der Waals surface area contributed by atoms with Crippen LogP contribution in [0.5, 0.6) is 0 Å². The summed E-state index contributed by atoms with van der Waals surface area (Å²) < 4.78 is 0. The first-order valence-electron chi connectivity index (χ1n) is 8.99. The molecule has 6 nitrogen and oxygen atoms in total. The van der Waals surface area contributed by atoms with Gasteiger partial charge in [0.2, 0.25) is 0 Å². The highest BCUT2D eigenvalue weighted by atomic mass is 16.2. The van der Waals surface area contributed by atoms with Crippen molar-refractivity contribution < 1.29 is 4.79 Å². The number of fused-ring (bicyclic) bond motifs is 1. The van der Waals surface area contributed by atoms with Gasteiger partial charge in [-0.1, -0.05) is 6.07 Å². The van der Waals surface area contributed by atoms with Crippen LogP contribution in [0.4, 0.5) is 22.0 Å². The first-order chi connectivity index (χ1) is 12.2. The smallest absolute Gasteiger partial charge is 0.321 e. The molecule has 0 atom stereocenters. The van der Waals surface area contributed by atoms with E-state index in [9.17, 15) is 4.79 Å². The molecular formula is C19H23N5O. The number of anilines is 3.